The number of carbonyl (C=O) groups excluding carboxylic acids is 4. The molecule has 2 bridgehead atoms. The lowest BCUT2D eigenvalue weighted by atomic mass is 9.88. The van der Waals surface area contributed by atoms with Crippen LogP contribution in [0.4, 0.5) is 4.79 Å². The number of methoxy groups -OCH3 is 2. The summed E-state index contributed by atoms with van der Waals surface area (Å²) in [6.07, 6.45) is 12.6. The van der Waals surface area contributed by atoms with Gasteiger partial charge in [-0.2, -0.15) is 0 Å². The minimum atomic E-state index is -0.586. The average molecular weight is 964 g/mol. The van der Waals surface area contributed by atoms with Crippen LogP contribution in [0.25, 0.3) is 44.5 Å². The second kappa shape index (κ2) is 29.3. The van der Waals surface area contributed by atoms with Crippen LogP contribution < -0.4 is 16.0 Å². The van der Waals surface area contributed by atoms with Crippen molar-refractivity contribution in [3.8, 4) is 33.5 Å². The first-order valence-corrected chi connectivity index (χ1v) is 25.3. The van der Waals surface area contributed by atoms with Gasteiger partial charge < -0.3 is 45.1 Å². The number of aromatic amines is 2. The maximum Gasteiger partial charge on any atom is 0.407 e. The van der Waals surface area contributed by atoms with Gasteiger partial charge in [0.1, 0.15) is 17.9 Å². The summed E-state index contributed by atoms with van der Waals surface area (Å²) in [6, 6.07) is 21.0. The van der Waals surface area contributed by atoms with E-state index in [2.05, 4.69) is 150 Å². The second-order valence-corrected chi connectivity index (χ2v) is 18.4. The summed E-state index contributed by atoms with van der Waals surface area (Å²) in [6.45, 7) is 16.9. The third-order valence-corrected chi connectivity index (χ3v) is 12.2. The number of likely N-dealkylation sites (tertiary alicyclic amines) is 2. The van der Waals surface area contributed by atoms with Crippen LogP contribution in [0.1, 0.15) is 153 Å². The second-order valence-electron chi connectivity index (χ2n) is 18.4. The van der Waals surface area contributed by atoms with Crippen molar-refractivity contribution in [2.24, 2.45) is 5.92 Å². The molecule has 15 nitrogen and oxygen atoms in total. The van der Waals surface area contributed by atoms with Crippen molar-refractivity contribution < 1.29 is 28.7 Å². The van der Waals surface area contributed by atoms with Crippen molar-refractivity contribution in [2.45, 2.75) is 130 Å². The quantitative estimate of drug-likeness (QED) is 0.0843. The summed E-state index contributed by atoms with van der Waals surface area (Å²) in [7, 11) is 6.67. The zero-order valence-electron chi connectivity index (χ0n) is 43.7. The number of imidazole rings is 2. The Labute approximate surface area is 416 Å². The predicted octanol–water partition coefficient (Wildman–Crippen LogP) is 10.6. The van der Waals surface area contributed by atoms with Crippen molar-refractivity contribution in [1.82, 2.24) is 45.7 Å². The number of aromatic nitrogens is 4. The highest BCUT2D eigenvalue weighted by molar-refractivity contribution is 5.84. The number of H-pyrrole nitrogens is 2. The number of piperidine rings is 1. The molecule has 0 spiro atoms. The van der Waals surface area contributed by atoms with Crippen LogP contribution in [-0.2, 0) is 23.9 Å². The van der Waals surface area contributed by atoms with Crippen molar-refractivity contribution >= 4 is 35.7 Å². The molecule has 3 fully saturated rings. The Morgan fingerprint density at radius 1 is 0.771 bits per heavy atom. The zero-order valence-corrected chi connectivity index (χ0v) is 43.7. The van der Waals surface area contributed by atoms with Gasteiger partial charge in [-0.05, 0) is 104 Å². The van der Waals surface area contributed by atoms with Gasteiger partial charge in [0.15, 0.2) is 0 Å². The number of benzene rings is 3. The number of fused-ring (bicyclic) bond motifs is 6. The summed E-state index contributed by atoms with van der Waals surface area (Å²) < 4.78 is 8.39. The van der Waals surface area contributed by atoms with Crippen molar-refractivity contribution in [2.75, 3.05) is 54.6 Å². The van der Waals surface area contributed by atoms with Gasteiger partial charge in [0.2, 0.25) is 12.3 Å². The smallest absolute Gasteiger partial charge is 0.407 e. The largest absolute Gasteiger partial charge is 0.453 e. The standard InChI is InChI=1S/C40H44N8O2.C4H7NO3.3C3H8.C2H6O/c1-23-17-31-37-27(25-9-7-24(8-10-25)26-11-14-29-30(19-26)45-40(44-29)34-5-3-15-47(34)2)12-13-28(38(37)32(18-23)43-31)33-20-42-39(46-33)35-6-4-16-48(35)36(50)21-41-22-49;1-8-4(7)5-2-3-6;4*1-3-2/h7-14,19-20,22-23,31-32,34-35,43H,3-6,15-18,21H2,1-2H3,(H,41,49)(H,42,46)(H,44,45);3H,2H2,1H3,(H,5,7);3*3H2,1-2H3;1-2H3. The van der Waals surface area contributed by atoms with E-state index < -0.39 is 6.09 Å². The monoisotopic (exact) mass is 964 g/mol. The van der Waals surface area contributed by atoms with Gasteiger partial charge in [0, 0.05) is 38.4 Å². The number of amides is 3. The number of nitrogens with zero attached hydrogens (tertiary/aromatic N) is 4. The Morgan fingerprint density at radius 2 is 1.36 bits per heavy atom. The van der Waals surface area contributed by atoms with Gasteiger partial charge in [-0.25, -0.2) is 14.8 Å². The molecule has 0 radical (unpaired) electrons. The highest BCUT2D eigenvalue weighted by atomic mass is 16.5. The van der Waals surface area contributed by atoms with Crippen molar-refractivity contribution in [3.05, 3.63) is 83.6 Å². The molecule has 9 rings (SSSR count). The molecule has 6 heterocycles. The Morgan fingerprint density at radius 3 is 1.96 bits per heavy atom. The molecule has 3 aromatic carbocycles. The predicted molar refractivity (Wildman–Crippen MR) is 281 cm³/mol. The van der Waals surface area contributed by atoms with Crippen LogP contribution >= 0.6 is 0 Å². The van der Waals surface area contributed by atoms with Crippen molar-refractivity contribution in [3.63, 3.8) is 0 Å². The fourth-order valence-corrected chi connectivity index (χ4v) is 9.44. The van der Waals surface area contributed by atoms with E-state index in [1.54, 1.807) is 14.2 Å². The fourth-order valence-electron chi connectivity index (χ4n) is 9.44. The molecular formula is C55H81N9O6. The fraction of sp³-hybridized carbons (Fsp3) is 0.527. The van der Waals surface area contributed by atoms with Crippen LogP contribution in [0.3, 0.4) is 0 Å². The van der Waals surface area contributed by atoms with Gasteiger partial charge in [0.25, 0.3) is 0 Å². The third kappa shape index (κ3) is 14.8. The lowest BCUT2D eigenvalue weighted by Gasteiger charge is -2.27. The molecule has 5 aromatic rings. The lowest BCUT2D eigenvalue weighted by Crippen LogP contribution is -2.37. The number of hydrogen-bond donors (Lipinski definition) is 5. The highest BCUT2D eigenvalue weighted by Gasteiger charge is 2.40. The first kappa shape index (κ1) is 56.7. The lowest BCUT2D eigenvalue weighted by molar-refractivity contribution is -0.132. The summed E-state index contributed by atoms with van der Waals surface area (Å²) >= 11 is 0. The van der Waals surface area contributed by atoms with Crippen molar-refractivity contribution in [1.29, 1.82) is 0 Å². The molecule has 5 atom stereocenters. The van der Waals surface area contributed by atoms with Gasteiger partial charge in [-0.15, -0.1) is 0 Å². The molecule has 4 aliphatic rings. The van der Waals surface area contributed by atoms with E-state index in [1.165, 1.54) is 71.7 Å². The van der Waals surface area contributed by atoms with E-state index >= 15 is 0 Å². The number of alkyl carbamates (subject to hydrolysis) is 1. The Balaban J connectivity index is 0.000000457. The molecule has 3 amide bonds. The Hall–Kier alpha value is -5.90. The van der Waals surface area contributed by atoms with Crippen LogP contribution in [0.2, 0.25) is 0 Å². The summed E-state index contributed by atoms with van der Waals surface area (Å²) in [5, 5.41) is 8.62. The molecule has 382 valence electrons. The maximum absolute atomic E-state index is 12.8. The van der Waals surface area contributed by atoms with E-state index in [9.17, 15) is 19.2 Å². The number of hydrogen-bond acceptors (Lipinski definition) is 10. The van der Waals surface area contributed by atoms with Gasteiger partial charge in [0.05, 0.1) is 55.2 Å². The molecule has 4 aliphatic heterocycles. The molecule has 2 aromatic heterocycles. The molecule has 3 saturated heterocycles. The zero-order chi connectivity index (χ0) is 51.2. The third-order valence-electron chi connectivity index (χ3n) is 12.2. The highest BCUT2D eigenvalue weighted by Crippen LogP contribution is 2.52. The van der Waals surface area contributed by atoms with E-state index in [1.807, 2.05) is 11.1 Å². The normalized spacial score (nSPS) is 19.5. The van der Waals surface area contributed by atoms with Gasteiger partial charge >= 0.3 is 6.09 Å². The van der Waals surface area contributed by atoms with E-state index in [-0.39, 0.29) is 31.1 Å². The number of ether oxygens (including phenoxy) is 2. The average Bonchev–Trinajstić information content (AvgIpc) is 4.22. The molecular weight excluding hydrogens is 883 g/mol. The summed E-state index contributed by atoms with van der Waals surface area (Å²) in [4.78, 5) is 64.4. The first-order chi connectivity index (χ1) is 33.9. The molecule has 70 heavy (non-hydrogen) atoms. The van der Waals surface area contributed by atoms with Gasteiger partial charge in [-0.3, -0.25) is 14.5 Å². The maximum atomic E-state index is 12.8. The number of nitrogens with one attached hydrogen (secondary N) is 5. The minimum absolute atomic E-state index is 0.00662. The topological polar surface area (TPSA) is 187 Å². The molecule has 0 saturated carbocycles. The number of carbonyl (C=O) groups is 4. The first-order valence-electron chi connectivity index (χ1n) is 25.3. The van der Waals surface area contributed by atoms with Crippen LogP contribution in [-0.4, -0.2) is 109 Å². The Kier molecular flexibility index (Phi) is 23.7. The van der Waals surface area contributed by atoms with Gasteiger partial charge in [-0.1, -0.05) is 110 Å². The van der Waals surface area contributed by atoms with Crippen LogP contribution in [0.5, 0.6) is 0 Å². The van der Waals surface area contributed by atoms with E-state index in [0.717, 1.165) is 67.0 Å². The SMILES string of the molecule is CC1CC2NC(C1)c1c(-c3cnc(C4CCCN4C(=O)CNC=O)[nH]3)ccc(-c3ccc(-c4ccc5nc(C6CCCN6C)[nH]c5c4)cc3)c12.CCC.CCC.CCC.COC.COC(=O)NCC=O. The minimum Gasteiger partial charge on any atom is -0.453 e. The molecule has 0 aliphatic carbocycles. The number of aldehydes is 1. The summed E-state index contributed by atoms with van der Waals surface area (Å²) in [5.41, 5.74) is 11.9. The van der Waals surface area contributed by atoms with E-state index in [0.29, 0.717) is 37.2 Å². The van der Waals surface area contributed by atoms with E-state index in [4.69, 9.17) is 9.97 Å². The molecule has 5 unspecified atom stereocenters. The van der Waals surface area contributed by atoms with Crippen LogP contribution in [0.15, 0.2) is 60.8 Å². The molecule has 5 N–H and O–H groups in total. The van der Waals surface area contributed by atoms with Crippen LogP contribution in [0, 0.1) is 5.92 Å². The molecule has 15 heteroatoms. The summed E-state index contributed by atoms with van der Waals surface area (Å²) in [5.74, 6) is 2.43. The Bertz CT molecular complexity index is 2370. The number of rotatable bonds is 10.